The molecule has 78 valence electrons. The minimum atomic E-state index is -0.332. The molecule has 1 aliphatic rings. The van der Waals surface area contributed by atoms with Gasteiger partial charge in [-0.1, -0.05) is 0 Å². The lowest BCUT2D eigenvalue weighted by molar-refractivity contribution is 0.427. The van der Waals surface area contributed by atoms with Gasteiger partial charge >= 0.3 is 0 Å². The van der Waals surface area contributed by atoms with Crippen LogP contribution in [0.25, 0.3) is 0 Å². The van der Waals surface area contributed by atoms with Gasteiger partial charge in [-0.05, 0) is 25.0 Å². The normalized spacial score (nSPS) is 20.3. The number of rotatable bonds is 2. The molecule has 1 saturated heterocycles. The average molecular weight is 205 g/mol. The highest BCUT2D eigenvalue weighted by Gasteiger charge is 2.25. The van der Waals surface area contributed by atoms with Crippen LogP contribution in [0.1, 0.15) is 18.4 Å². The largest absolute Gasteiger partial charge is 0.351 e. The smallest absolute Gasteiger partial charge is 0.128 e. The van der Waals surface area contributed by atoms with Gasteiger partial charge < -0.3 is 4.90 Å². The van der Waals surface area contributed by atoms with E-state index in [1.807, 2.05) is 11.0 Å². The molecule has 3 nitrogen and oxygen atoms in total. The Morgan fingerprint density at radius 3 is 3.07 bits per heavy atom. The molecule has 1 aromatic rings. The Kier molecular flexibility index (Phi) is 2.82. The molecule has 1 aliphatic heterocycles. The van der Waals surface area contributed by atoms with Gasteiger partial charge in [-0.2, -0.15) is 5.26 Å². The van der Waals surface area contributed by atoms with Gasteiger partial charge in [-0.15, -0.1) is 0 Å². The second-order valence-electron chi connectivity index (χ2n) is 3.66. The zero-order valence-corrected chi connectivity index (χ0v) is 8.36. The first kappa shape index (κ1) is 9.91. The van der Waals surface area contributed by atoms with Crippen molar-refractivity contribution in [1.82, 2.24) is 4.98 Å². The van der Waals surface area contributed by atoms with Crippen molar-refractivity contribution < 1.29 is 4.39 Å². The van der Waals surface area contributed by atoms with Crippen molar-refractivity contribution in [2.75, 3.05) is 18.1 Å². The third-order valence-corrected chi connectivity index (χ3v) is 2.73. The Hall–Kier alpha value is -1.63. The average Bonchev–Trinajstić information content (AvgIpc) is 2.77. The summed E-state index contributed by atoms with van der Waals surface area (Å²) in [5.41, 5.74) is 0.537. The van der Waals surface area contributed by atoms with Crippen molar-refractivity contribution >= 4 is 5.82 Å². The Labute approximate surface area is 88.2 Å². The maximum absolute atomic E-state index is 12.7. The van der Waals surface area contributed by atoms with Crippen LogP contribution in [0.4, 0.5) is 10.2 Å². The molecule has 0 aromatic carbocycles. The van der Waals surface area contributed by atoms with Crippen LogP contribution in [0, 0.1) is 11.3 Å². The van der Waals surface area contributed by atoms with Gasteiger partial charge in [0.2, 0.25) is 0 Å². The maximum atomic E-state index is 12.7. The van der Waals surface area contributed by atoms with E-state index in [-0.39, 0.29) is 12.7 Å². The number of halogens is 1. The summed E-state index contributed by atoms with van der Waals surface area (Å²) in [5, 5.41) is 8.63. The lowest BCUT2D eigenvalue weighted by Gasteiger charge is -2.23. The first-order valence-corrected chi connectivity index (χ1v) is 5.04. The standard InChI is InChI=1S/C11H12FN3/c12-6-10-2-1-5-15(10)11-4-3-9(7-13)8-14-11/h3-4,8,10H,1-2,5-6H2. The summed E-state index contributed by atoms with van der Waals surface area (Å²) in [4.78, 5) is 6.14. The molecule has 1 fully saturated rings. The van der Waals surface area contributed by atoms with Crippen molar-refractivity contribution in [2.24, 2.45) is 0 Å². The van der Waals surface area contributed by atoms with Crippen LogP contribution >= 0.6 is 0 Å². The number of nitrogens with zero attached hydrogens (tertiary/aromatic N) is 3. The van der Waals surface area contributed by atoms with E-state index in [9.17, 15) is 4.39 Å². The fourth-order valence-corrected chi connectivity index (χ4v) is 1.92. The summed E-state index contributed by atoms with van der Waals surface area (Å²) in [7, 11) is 0. The molecule has 2 rings (SSSR count). The second kappa shape index (κ2) is 4.26. The van der Waals surface area contributed by atoms with Crippen LogP contribution in [0.5, 0.6) is 0 Å². The molecular weight excluding hydrogens is 193 g/mol. The van der Waals surface area contributed by atoms with Crippen LogP contribution in [-0.4, -0.2) is 24.2 Å². The minimum Gasteiger partial charge on any atom is -0.351 e. The zero-order chi connectivity index (χ0) is 10.7. The first-order chi connectivity index (χ1) is 7.35. The summed E-state index contributed by atoms with van der Waals surface area (Å²) in [5.74, 6) is 0.772. The Morgan fingerprint density at radius 1 is 1.60 bits per heavy atom. The van der Waals surface area contributed by atoms with Gasteiger partial charge in [0.15, 0.2) is 0 Å². The van der Waals surface area contributed by atoms with E-state index in [1.54, 1.807) is 12.1 Å². The Bertz CT molecular complexity index is 368. The van der Waals surface area contributed by atoms with Crippen LogP contribution in [-0.2, 0) is 0 Å². The molecular formula is C11H12FN3. The molecule has 0 amide bonds. The molecule has 0 spiro atoms. The molecule has 0 radical (unpaired) electrons. The van der Waals surface area contributed by atoms with Crippen molar-refractivity contribution in [3.63, 3.8) is 0 Å². The topological polar surface area (TPSA) is 39.9 Å². The molecule has 0 saturated carbocycles. The van der Waals surface area contributed by atoms with E-state index in [4.69, 9.17) is 5.26 Å². The summed E-state index contributed by atoms with van der Waals surface area (Å²) >= 11 is 0. The van der Waals surface area contributed by atoms with Crippen molar-refractivity contribution in [3.8, 4) is 6.07 Å². The molecule has 4 heteroatoms. The quantitative estimate of drug-likeness (QED) is 0.740. The summed E-state index contributed by atoms with van der Waals surface area (Å²) in [6.45, 7) is 0.523. The zero-order valence-electron chi connectivity index (χ0n) is 8.36. The highest BCUT2D eigenvalue weighted by Crippen LogP contribution is 2.23. The molecule has 0 N–H and O–H groups in total. The highest BCUT2D eigenvalue weighted by atomic mass is 19.1. The molecule has 2 heterocycles. The van der Waals surface area contributed by atoms with Gasteiger partial charge in [0.1, 0.15) is 18.6 Å². The number of anilines is 1. The summed E-state index contributed by atoms with van der Waals surface area (Å²) in [6.07, 6.45) is 3.43. The third-order valence-electron chi connectivity index (χ3n) is 2.73. The SMILES string of the molecule is N#Cc1ccc(N2CCCC2CF)nc1. The summed E-state index contributed by atoms with van der Waals surface area (Å²) in [6, 6.07) is 5.48. The number of hydrogen-bond acceptors (Lipinski definition) is 3. The fraction of sp³-hybridized carbons (Fsp3) is 0.455. The van der Waals surface area contributed by atoms with Gasteiger partial charge in [0.25, 0.3) is 0 Å². The van der Waals surface area contributed by atoms with E-state index < -0.39 is 0 Å². The van der Waals surface area contributed by atoms with Crippen LogP contribution in [0.2, 0.25) is 0 Å². The number of alkyl halides is 1. The minimum absolute atomic E-state index is 0.0366. The van der Waals surface area contributed by atoms with E-state index in [0.29, 0.717) is 5.56 Å². The predicted molar refractivity (Wildman–Crippen MR) is 55.3 cm³/mol. The highest BCUT2D eigenvalue weighted by molar-refractivity contribution is 5.43. The van der Waals surface area contributed by atoms with Gasteiger partial charge in [0.05, 0.1) is 11.6 Å². The van der Waals surface area contributed by atoms with E-state index in [1.165, 1.54) is 6.20 Å². The van der Waals surface area contributed by atoms with Crippen molar-refractivity contribution in [1.29, 1.82) is 5.26 Å². The van der Waals surface area contributed by atoms with E-state index in [2.05, 4.69) is 4.98 Å². The molecule has 15 heavy (non-hydrogen) atoms. The Balaban J connectivity index is 2.19. The monoisotopic (exact) mass is 205 g/mol. The van der Waals surface area contributed by atoms with Crippen molar-refractivity contribution in [2.45, 2.75) is 18.9 Å². The number of aromatic nitrogens is 1. The number of hydrogen-bond donors (Lipinski definition) is 0. The molecule has 0 aliphatic carbocycles. The maximum Gasteiger partial charge on any atom is 0.128 e. The number of pyridine rings is 1. The third kappa shape index (κ3) is 1.91. The predicted octanol–water partition coefficient (Wildman–Crippen LogP) is 1.89. The molecule has 1 unspecified atom stereocenters. The lowest BCUT2D eigenvalue weighted by atomic mass is 10.2. The van der Waals surface area contributed by atoms with Crippen LogP contribution < -0.4 is 4.90 Å². The van der Waals surface area contributed by atoms with Gasteiger partial charge in [0, 0.05) is 12.7 Å². The van der Waals surface area contributed by atoms with Crippen LogP contribution in [0.3, 0.4) is 0 Å². The van der Waals surface area contributed by atoms with Crippen LogP contribution in [0.15, 0.2) is 18.3 Å². The first-order valence-electron chi connectivity index (χ1n) is 5.04. The Morgan fingerprint density at radius 2 is 2.47 bits per heavy atom. The van der Waals surface area contributed by atoms with E-state index >= 15 is 0 Å². The molecule has 1 atom stereocenters. The fourth-order valence-electron chi connectivity index (χ4n) is 1.92. The van der Waals surface area contributed by atoms with Gasteiger partial charge in [-0.25, -0.2) is 9.37 Å². The van der Waals surface area contributed by atoms with Gasteiger partial charge in [-0.3, -0.25) is 0 Å². The second-order valence-corrected chi connectivity index (χ2v) is 3.66. The molecule has 1 aromatic heterocycles. The van der Waals surface area contributed by atoms with E-state index in [0.717, 1.165) is 25.2 Å². The lowest BCUT2D eigenvalue weighted by Crippen LogP contribution is -2.31. The summed E-state index contributed by atoms with van der Waals surface area (Å²) < 4.78 is 12.7. The number of nitriles is 1. The molecule has 0 bridgehead atoms. The van der Waals surface area contributed by atoms with Crippen molar-refractivity contribution in [3.05, 3.63) is 23.9 Å².